The lowest BCUT2D eigenvalue weighted by Crippen LogP contribution is -2.29. The first-order valence-electron chi connectivity index (χ1n) is 15.1. The summed E-state index contributed by atoms with van der Waals surface area (Å²) in [6.45, 7) is 0. The third kappa shape index (κ3) is 2.98. The summed E-state index contributed by atoms with van der Waals surface area (Å²) in [6, 6.07) is -2.48. The lowest BCUT2D eigenvalue weighted by Gasteiger charge is -2.42. The van der Waals surface area contributed by atoms with E-state index < -0.39 is 48.2 Å². The van der Waals surface area contributed by atoms with Crippen LogP contribution >= 0.6 is 0 Å². The van der Waals surface area contributed by atoms with Crippen LogP contribution in [0, 0.1) is 11.8 Å². The Hall–Kier alpha value is -2.34. The van der Waals surface area contributed by atoms with Crippen LogP contribution in [0.15, 0.2) is 78.6 Å². The normalized spacial score (nSPS) is 33.8. The fourth-order valence-corrected chi connectivity index (χ4v) is 4.17. The minimum absolute atomic E-state index is 0.0446. The fraction of sp³-hybridized carbons (Fsp3) is 0.308. The standard InChI is InChI=1S/C26H26/c1-2-5-20(6-3-1)24-7-4-8-25(18-24)21-13-15-23(16-14-21)26-17-19-9-11-22(26)12-10-19/h1-8,13-16,18-19,22,26H,9-12,17H2/i1D,2D,3D,4D,5D,8D,13D,14D,15D,16D,18D,26D. The third-order valence-corrected chi connectivity index (χ3v) is 5.56. The molecule has 0 heteroatoms. The highest BCUT2D eigenvalue weighted by molar-refractivity contribution is 5.73. The fourth-order valence-electron chi connectivity index (χ4n) is 4.17. The first-order chi connectivity index (χ1) is 17.8. The van der Waals surface area contributed by atoms with Crippen molar-refractivity contribution in [2.45, 2.75) is 38.0 Å². The number of rotatable bonds is 3. The molecule has 130 valence electrons. The number of hydrogen-bond donors (Lipinski definition) is 0. The molecule has 0 N–H and O–H groups in total. The molecule has 0 amide bonds. The van der Waals surface area contributed by atoms with Crippen molar-refractivity contribution < 1.29 is 16.4 Å². The van der Waals surface area contributed by atoms with Crippen molar-refractivity contribution in [2.24, 2.45) is 11.8 Å². The molecule has 3 aromatic carbocycles. The summed E-state index contributed by atoms with van der Waals surface area (Å²) in [4.78, 5) is 0. The topological polar surface area (TPSA) is 0 Å². The van der Waals surface area contributed by atoms with Crippen molar-refractivity contribution in [3.63, 3.8) is 0 Å². The quantitative estimate of drug-likeness (QED) is 0.464. The maximum absolute atomic E-state index is 9.26. The second kappa shape index (κ2) is 6.76. The average molecular weight is 351 g/mol. The highest BCUT2D eigenvalue weighted by atomic mass is 14.4. The number of hydrogen-bond acceptors (Lipinski definition) is 0. The summed E-state index contributed by atoms with van der Waals surface area (Å²) in [5, 5.41) is 0. The lowest BCUT2D eigenvalue weighted by atomic mass is 9.63. The van der Waals surface area contributed by atoms with E-state index in [2.05, 4.69) is 0 Å². The van der Waals surface area contributed by atoms with Crippen LogP contribution in [0.25, 0.3) is 22.3 Å². The predicted molar refractivity (Wildman–Crippen MR) is 110 cm³/mol. The molecule has 0 spiro atoms. The average Bonchev–Trinajstić information content (AvgIpc) is 2.88. The van der Waals surface area contributed by atoms with Gasteiger partial charge in [-0.1, -0.05) is 85.4 Å². The van der Waals surface area contributed by atoms with E-state index in [4.69, 9.17) is 15.1 Å². The van der Waals surface area contributed by atoms with Gasteiger partial charge in [-0.2, -0.15) is 0 Å². The van der Waals surface area contributed by atoms with Gasteiger partial charge in [-0.3, -0.25) is 0 Å². The molecular weight excluding hydrogens is 312 g/mol. The van der Waals surface area contributed by atoms with Crippen LogP contribution in [0.2, 0.25) is 0 Å². The summed E-state index contributed by atoms with van der Waals surface area (Å²) in [6.07, 6.45) is 4.06. The van der Waals surface area contributed by atoms with E-state index in [1.54, 1.807) is 0 Å². The molecular formula is C26H26. The molecule has 1 unspecified atom stereocenters. The molecule has 3 aliphatic carbocycles. The Kier molecular flexibility index (Phi) is 2.01. The maximum Gasteiger partial charge on any atom is 0.0636 e. The Morgan fingerprint density at radius 3 is 2.23 bits per heavy atom. The van der Waals surface area contributed by atoms with Crippen LogP contribution in [0.5, 0.6) is 0 Å². The predicted octanol–water partition coefficient (Wildman–Crippen LogP) is 7.31. The Morgan fingerprint density at radius 2 is 1.46 bits per heavy atom. The SMILES string of the molecule is [2H]c1cc(-c2cc([2H])c([2H])c(-c3c([2H])c([2H])c(C4([2H])CC5CCC4CC5)c([2H])c3[2H])c2[2H])c([2H])c([2H])c1[2H]. The summed E-state index contributed by atoms with van der Waals surface area (Å²) in [5.41, 5.74) is -0.725. The molecule has 0 saturated heterocycles. The summed E-state index contributed by atoms with van der Waals surface area (Å²) >= 11 is 0. The zero-order valence-corrected chi connectivity index (χ0v) is 14.3. The van der Waals surface area contributed by atoms with E-state index in [0.29, 0.717) is 12.3 Å². The number of fused-ring (bicyclic) bond motifs is 3. The molecule has 3 aliphatic rings. The maximum atomic E-state index is 9.26. The Balaban J connectivity index is 1.77. The zero-order valence-electron chi connectivity index (χ0n) is 26.3. The van der Waals surface area contributed by atoms with E-state index in [-0.39, 0.29) is 57.9 Å². The van der Waals surface area contributed by atoms with Crippen molar-refractivity contribution in [1.29, 1.82) is 0 Å². The van der Waals surface area contributed by atoms with Gasteiger partial charge in [-0.25, -0.2) is 0 Å². The van der Waals surface area contributed by atoms with Gasteiger partial charge in [-0.05, 0) is 70.9 Å². The number of benzene rings is 3. The molecule has 0 aromatic heterocycles. The van der Waals surface area contributed by atoms with Crippen LogP contribution in [0.1, 0.15) is 60.0 Å². The molecule has 0 heterocycles. The molecule has 3 fully saturated rings. The van der Waals surface area contributed by atoms with E-state index >= 15 is 0 Å². The van der Waals surface area contributed by atoms with Gasteiger partial charge in [0.05, 0.1) is 15.1 Å². The highest BCUT2D eigenvalue weighted by Gasteiger charge is 2.36. The van der Waals surface area contributed by atoms with Gasteiger partial charge in [0.2, 0.25) is 0 Å². The third-order valence-electron chi connectivity index (χ3n) is 5.56. The van der Waals surface area contributed by atoms with E-state index in [1.165, 1.54) is 0 Å². The van der Waals surface area contributed by atoms with Gasteiger partial charge < -0.3 is 0 Å². The molecule has 0 nitrogen and oxygen atoms in total. The first kappa shape index (κ1) is 7.72. The van der Waals surface area contributed by atoms with Crippen LogP contribution < -0.4 is 0 Å². The molecule has 6 rings (SSSR count). The van der Waals surface area contributed by atoms with Crippen molar-refractivity contribution in [1.82, 2.24) is 0 Å². The molecule has 0 radical (unpaired) electrons. The van der Waals surface area contributed by atoms with Gasteiger partial charge in [0.25, 0.3) is 0 Å². The van der Waals surface area contributed by atoms with Crippen molar-refractivity contribution in [3.8, 4) is 22.3 Å². The Morgan fingerprint density at radius 1 is 0.692 bits per heavy atom. The van der Waals surface area contributed by atoms with Gasteiger partial charge in [0.1, 0.15) is 0 Å². The van der Waals surface area contributed by atoms with Gasteiger partial charge in [-0.15, -0.1) is 0 Å². The molecule has 1 atom stereocenters. The second-order valence-electron chi connectivity index (χ2n) is 7.10. The largest absolute Gasteiger partial charge is 0.0636 e. The van der Waals surface area contributed by atoms with Crippen LogP contribution in [-0.4, -0.2) is 0 Å². The first-order valence-corrected chi connectivity index (χ1v) is 9.09. The van der Waals surface area contributed by atoms with Gasteiger partial charge in [0.15, 0.2) is 0 Å². The Bertz CT molecular complexity index is 1460. The minimum Gasteiger partial charge on any atom is -0.0622 e. The van der Waals surface area contributed by atoms with E-state index in [0.717, 1.165) is 37.8 Å². The van der Waals surface area contributed by atoms with Crippen LogP contribution in [-0.2, 0) is 0 Å². The van der Waals surface area contributed by atoms with Gasteiger partial charge in [0, 0.05) is 1.37 Å². The Labute approximate surface area is 173 Å². The van der Waals surface area contributed by atoms with Crippen LogP contribution in [0.3, 0.4) is 0 Å². The van der Waals surface area contributed by atoms with Crippen LogP contribution in [0.4, 0.5) is 0 Å². The highest BCUT2D eigenvalue weighted by Crippen LogP contribution is 2.49. The molecule has 0 aliphatic heterocycles. The minimum atomic E-state index is -1.25. The molecule has 3 aromatic rings. The summed E-state index contributed by atoms with van der Waals surface area (Å²) in [5.74, 6) is -1.01. The summed E-state index contributed by atoms with van der Waals surface area (Å²) < 4.78 is 102. The second-order valence-corrected chi connectivity index (χ2v) is 7.10. The molecule has 3 saturated carbocycles. The van der Waals surface area contributed by atoms with E-state index in [1.807, 2.05) is 0 Å². The lowest BCUT2D eigenvalue weighted by molar-refractivity contribution is 0.145. The monoisotopic (exact) mass is 350 g/mol. The van der Waals surface area contributed by atoms with Crippen molar-refractivity contribution >= 4 is 0 Å². The molecule has 2 bridgehead atoms. The van der Waals surface area contributed by atoms with E-state index in [9.17, 15) is 1.37 Å². The zero-order chi connectivity index (χ0) is 27.8. The van der Waals surface area contributed by atoms with Gasteiger partial charge >= 0.3 is 0 Å². The smallest absolute Gasteiger partial charge is 0.0622 e. The van der Waals surface area contributed by atoms with Crippen molar-refractivity contribution in [2.75, 3.05) is 0 Å². The molecule has 26 heavy (non-hydrogen) atoms. The summed E-state index contributed by atoms with van der Waals surface area (Å²) in [7, 11) is 0. The van der Waals surface area contributed by atoms with Crippen molar-refractivity contribution in [3.05, 3.63) is 84.2 Å².